The van der Waals surface area contributed by atoms with Crippen LogP contribution in [0.25, 0.3) is 0 Å². The molecule has 0 aromatic heterocycles. The van der Waals surface area contributed by atoms with Crippen LogP contribution < -0.4 is 10.1 Å². The van der Waals surface area contributed by atoms with Gasteiger partial charge in [-0.25, -0.2) is 0 Å². The molecule has 0 radical (unpaired) electrons. The largest absolute Gasteiger partial charge is 0.494 e. The van der Waals surface area contributed by atoms with Gasteiger partial charge in [-0.15, -0.1) is 0 Å². The predicted octanol–water partition coefficient (Wildman–Crippen LogP) is 4.21. The van der Waals surface area contributed by atoms with E-state index in [0.717, 1.165) is 37.8 Å². The molecular formula is C17H29NO. The van der Waals surface area contributed by atoms with E-state index in [1.54, 1.807) is 0 Å². The lowest BCUT2D eigenvalue weighted by atomic mass is 10.0. The van der Waals surface area contributed by atoms with E-state index in [1.807, 2.05) is 6.07 Å². The molecule has 0 aliphatic rings. The quantitative estimate of drug-likeness (QED) is 0.674. The number of nitrogens with one attached hydrogen (secondary N) is 1. The molecule has 2 heteroatoms. The highest BCUT2D eigenvalue weighted by Gasteiger charge is 2.00. The molecule has 1 rings (SSSR count). The van der Waals surface area contributed by atoms with Gasteiger partial charge in [0.1, 0.15) is 5.75 Å². The maximum atomic E-state index is 5.80. The Morgan fingerprint density at radius 2 is 1.89 bits per heavy atom. The minimum absolute atomic E-state index is 0.559. The fraction of sp³-hybridized carbons (Fsp3) is 0.647. The van der Waals surface area contributed by atoms with E-state index in [1.165, 1.54) is 12.0 Å². The summed E-state index contributed by atoms with van der Waals surface area (Å²) in [5.41, 5.74) is 1.34. The number of ether oxygens (including phenoxy) is 1. The smallest absolute Gasteiger partial charge is 0.119 e. The zero-order chi connectivity index (χ0) is 14.1. The van der Waals surface area contributed by atoms with Gasteiger partial charge >= 0.3 is 0 Å². The minimum atomic E-state index is 0.559. The molecule has 19 heavy (non-hydrogen) atoms. The standard InChI is InChI=1S/C17H29NO/c1-14(2)13-18-10-5-6-11-19-17-9-7-8-16(12-17)15(3)4/h7-9,12,14-15,18H,5-6,10-11,13H2,1-4H3. The topological polar surface area (TPSA) is 21.3 Å². The first-order chi connectivity index (χ1) is 9.09. The summed E-state index contributed by atoms with van der Waals surface area (Å²) in [5, 5.41) is 3.45. The molecule has 0 amide bonds. The van der Waals surface area contributed by atoms with Crippen molar-refractivity contribution in [1.29, 1.82) is 0 Å². The summed E-state index contributed by atoms with van der Waals surface area (Å²) in [6.45, 7) is 11.9. The molecule has 0 saturated carbocycles. The lowest BCUT2D eigenvalue weighted by Crippen LogP contribution is -2.21. The first-order valence-electron chi connectivity index (χ1n) is 7.53. The molecule has 0 bridgehead atoms. The van der Waals surface area contributed by atoms with Crippen molar-refractivity contribution in [3.05, 3.63) is 29.8 Å². The SMILES string of the molecule is CC(C)CNCCCCOc1cccc(C(C)C)c1. The van der Waals surface area contributed by atoms with Crippen molar-refractivity contribution < 1.29 is 4.74 Å². The summed E-state index contributed by atoms with van der Waals surface area (Å²) in [6.07, 6.45) is 2.29. The van der Waals surface area contributed by atoms with E-state index in [9.17, 15) is 0 Å². The first kappa shape index (κ1) is 16.0. The molecule has 1 N–H and O–H groups in total. The van der Waals surface area contributed by atoms with Gasteiger partial charge in [-0.1, -0.05) is 39.8 Å². The summed E-state index contributed by atoms with van der Waals surface area (Å²) in [5.74, 6) is 2.29. The third kappa shape index (κ3) is 7.22. The second-order valence-electron chi connectivity index (χ2n) is 5.88. The zero-order valence-corrected chi connectivity index (χ0v) is 12.9. The number of hydrogen-bond acceptors (Lipinski definition) is 2. The van der Waals surface area contributed by atoms with Crippen molar-refractivity contribution in [3.63, 3.8) is 0 Å². The average molecular weight is 263 g/mol. The molecule has 108 valence electrons. The van der Waals surface area contributed by atoms with Gasteiger partial charge in [0, 0.05) is 0 Å². The summed E-state index contributed by atoms with van der Waals surface area (Å²) >= 11 is 0. The Balaban J connectivity index is 2.14. The van der Waals surface area contributed by atoms with Crippen molar-refractivity contribution in [3.8, 4) is 5.75 Å². The van der Waals surface area contributed by atoms with Crippen LogP contribution >= 0.6 is 0 Å². The van der Waals surface area contributed by atoms with Crippen LogP contribution in [0.4, 0.5) is 0 Å². The molecule has 0 aliphatic heterocycles. The molecule has 1 aromatic rings. The molecule has 2 nitrogen and oxygen atoms in total. The van der Waals surface area contributed by atoms with E-state index in [-0.39, 0.29) is 0 Å². The van der Waals surface area contributed by atoms with E-state index >= 15 is 0 Å². The number of rotatable bonds is 9. The van der Waals surface area contributed by atoms with Crippen molar-refractivity contribution in [1.82, 2.24) is 5.32 Å². The van der Waals surface area contributed by atoms with Crippen LogP contribution in [0.15, 0.2) is 24.3 Å². The molecule has 0 fully saturated rings. The van der Waals surface area contributed by atoms with Crippen molar-refractivity contribution in [2.24, 2.45) is 5.92 Å². The Hall–Kier alpha value is -1.02. The minimum Gasteiger partial charge on any atom is -0.494 e. The highest BCUT2D eigenvalue weighted by atomic mass is 16.5. The highest BCUT2D eigenvalue weighted by Crippen LogP contribution is 2.20. The monoisotopic (exact) mass is 263 g/mol. The molecular weight excluding hydrogens is 234 g/mol. The number of hydrogen-bond donors (Lipinski definition) is 1. The molecule has 0 aliphatic carbocycles. The van der Waals surface area contributed by atoms with Crippen LogP contribution in [0.2, 0.25) is 0 Å². The van der Waals surface area contributed by atoms with Crippen LogP contribution in [0.3, 0.4) is 0 Å². The van der Waals surface area contributed by atoms with Gasteiger partial charge in [0.05, 0.1) is 6.61 Å². The van der Waals surface area contributed by atoms with Crippen molar-refractivity contribution in [2.45, 2.75) is 46.5 Å². The Kier molecular flexibility index (Phi) is 7.57. The maximum Gasteiger partial charge on any atom is 0.119 e. The van der Waals surface area contributed by atoms with E-state index in [2.05, 4.69) is 51.2 Å². The summed E-state index contributed by atoms with van der Waals surface area (Å²) in [7, 11) is 0. The number of benzene rings is 1. The number of unbranched alkanes of at least 4 members (excludes halogenated alkanes) is 1. The van der Waals surface area contributed by atoms with Crippen LogP contribution in [-0.4, -0.2) is 19.7 Å². The second kappa shape index (κ2) is 8.98. The van der Waals surface area contributed by atoms with Crippen LogP contribution in [0.5, 0.6) is 5.75 Å². The van der Waals surface area contributed by atoms with Gasteiger partial charge in [-0.3, -0.25) is 0 Å². The van der Waals surface area contributed by atoms with Crippen LogP contribution in [0.1, 0.15) is 52.0 Å². The summed E-state index contributed by atoms with van der Waals surface area (Å²) in [6, 6.07) is 8.44. The van der Waals surface area contributed by atoms with Gasteiger partial charge in [0.25, 0.3) is 0 Å². The average Bonchev–Trinajstić information content (AvgIpc) is 2.37. The van der Waals surface area contributed by atoms with Crippen molar-refractivity contribution in [2.75, 3.05) is 19.7 Å². The van der Waals surface area contributed by atoms with Gasteiger partial charge in [-0.05, 0) is 55.5 Å². The van der Waals surface area contributed by atoms with E-state index in [4.69, 9.17) is 4.74 Å². The van der Waals surface area contributed by atoms with Gasteiger partial charge in [0.15, 0.2) is 0 Å². The molecule has 0 unspecified atom stereocenters. The molecule has 0 spiro atoms. The normalized spacial score (nSPS) is 11.3. The first-order valence-corrected chi connectivity index (χ1v) is 7.53. The molecule has 0 atom stereocenters. The third-order valence-corrected chi connectivity index (χ3v) is 3.09. The fourth-order valence-corrected chi connectivity index (χ4v) is 1.90. The van der Waals surface area contributed by atoms with Crippen molar-refractivity contribution >= 4 is 0 Å². The van der Waals surface area contributed by atoms with Gasteiger partial charge < -0.3 is 10.1 Å². The molecule has 0 heterocycles. The Morgan fingerprint density at radius 3 is 2.58 bits per heavy atom. The zero-order valence-electron chi connectivity index (χ0n) is 12.9. The van der Waals surface area contributed by atoms with E-state index < -0.39 is 0 Å². The summed E-state index contributed by atoms with van der Waals surface area (Å²) < 4.78 is 5.80. The molecule has 0 saturated heterocycles. The predicted molar refractivity (Wildman–Crippen MR) is 83.0 cm³/mol. The highest BCUT2D eigenvalue weighted by molar-refractivity contribution is 5.30. The Bertz CT molecular complexity index is 347. The lowest BCUT2D eigenvalue weighted by molar-refractivity contribution is 0.305. The summed E-state index contributed by atoms with van der Waals surface area (Å²) in [4.78, 5) is 0. The molecule has 1 aromatic carbocycles. The van der Waals surface area contributed by atoms with E-state index in [0.29, 0.717) is 5.92 Å². The Labute approximate surface area is 118 Å². The second-order valence-corrected chi connectivity index (χ2v) is 5.88. The van der Waals surface area contributed by atoms with Crippen LogP contribution in [-0.2, 0) is 0 Å². The van der Waals surface area contributed by atoms with Crippen LogP contribution in [0, 0.1) is 5.92 Å². The Morgan fingerprint density at radius 1 is 1.11 bits per heavy atom. The third-order valence-electron chi connectivity index (χ3n) is 3.09. The maximum absolute atomic E-state index is 5.80. The lowest BCUT2D eigenvalue weighted by Gasteiger charge is -2.10. The van der Waals surface area contributed by atoms with Gasteiger partial charge in [0.2, 0.25) is 0 Å². The fourth-order valence-electron chi connectivity index (χ4n) is 1.90. The van der Waals surface area contributed by atoms with Gasteiger partial charge in [-0.2, -0.15) is 0 Å².